The third-order valence-electron chi connectivity index (χ3n) is 1.73. The normalized spacial score (nSPS) is 10.9. The Balaban J connectivity index is 2.41. The van der Waals surface area contributed by atoms with Gasteiger partial charge in [-0.1, -0.05) is 0 Å². The lowest BCUT2D eigenvalue weighted by Gasteiger charge is -2.07. The van der Waals surface area contributed by atoms with Gasteiger partial charge in [-0.2, -0.15) is 18.4 Å². The molecule has 1 rings (SSSR count). The van der Waals surface area contributed by atoms with Gasteiger partial charge in [0.1, 0.15) is 11.6 Å². The largest absolute Gasteiger partial charge is 0.477 e. The van der Waals surface area contributed by atoms with Crippen LogP contribution in [-0.4, -0.2) is 17.8 Å². The number of alkyl halides is 3. The van der Waals surface area contributed by atoms with Gasteiger partial charge in [0.15, 0.2) is 0 Å². The second kappa shape index (κ2) is 5.35. The molecule has 0 N–H and O–H groups in total. The number of ether oxygens (including phenoxy) is 1. The molecule has 0 aliphatic carbocycles. The first-order chi connectivity index (χ1) is 7.53. The molecule has 0 bridgehead atoms. The van der Waals surface area contributed by atoms with Crippen molar-refractivity contribution in [2.24, 2.45) is 0 Å². The number of hydrogen-bond acceptors (Lipinski definition) is 3. The van der Waals surface area contributed by atoms with Gasteiger partial charge in [-0.05, 0) is 18.6 Å². The second-order valence-electron chi connectivity index (χ2n) is 3.04. The number of rotatable bonds is 4. The van der Waals surface area contributed by atoms with Gasteiger partial charge in [0.05, 0.1) is 6.61 Å². The number of halogens is 3. The van der Waals surface area contributed by atoms with Gasteiger partial charge in [0.2, 0.25) is 5.88 Å². The Morgan fingerprint density at radius 2 is 2.19 bits per heavy atom. The van der Waals surface area contributed by atoms with Crippen LogP contribution in [0.2, 0.25) is 0 Å². The van der Waals surface area contributed by atoms with Gasteiger partial charge in [-0.3, -0.25) is 0 Å². The third-order valence-corrected chi connectivity index (χ3v) is 1.73. The van der Waals surface area contributed by atoms with Crippen molar-refractivity contribution in [1.29, 1.82) is 5.26 Å². The van der Waals surface area contributed by atoms with E-state index in [4.69, 9.17) is 10.00 Å². The molecule has 0 aromatic carbocycles. The number of hydrogen-bond donors (Lipinski definition) is 0. The maximum Gasteiger partial charge on any atom is 0.389 e. The van der Waals surface area contributed by atoms with Crippen molar-refractivity contribution in [3.8, 4) is 11.9 Å². The van der Waals surface area contributed by atoms with E-state index in [0.717, 1.165) is 0 Å². The molecule has 16 heavy (non-hydrogen) atoms. The van der Waals surface area contributed by atoms with E-state index in [1.54, 1.807) is 6.07 Å². The van der Waals surface area contributed by atoms with Crippen LogP contribution in [0.5, 0.6) is 5.88 Å². The zero-order chi connectivity index (χ0) is 12.0. The van der Waals surface area contributed by atoms with Crippen molar-refractivity contribution in [3.63, 3.8) is 0 Å². The summed E-state index contributed by atoms with van der Waals surface area (Å²) in [5.41, 5.74) is 0.217. The highest BCUT2D eigenvalue weighted by Crippen LogP contribution is 2.21. The molecule has 0 fully saturated rings. The van der Waals surface area contributed by atoms with Crippen LogP contribution in [0.25, 0.3) is 0 Å². The highest BCUT2D eigenvalue weighted by atomic mass is 19.4. The second-order valence-corrected chi connectivity index (χ2v) is 3.04. The van der Waals surface area contributed by atoms with Crippen molar-refractivity contribution in [3.05, 3.63) is 23.9 Å². The average molecular weight is 230 g/mol. The first-order valence-corrected chi connectivity index (χ1v) is 4.57. The molecule has 1 heterocycles. The van der Waals surface area contributed by atoms with Gasteiger partial charge in [0.25, 0.3) is 0 Å². The molecule has 0 aliphatic rings. The molecule has 0 atom stereocenters. The Morgan fingerprint density at radius 3 is 2.81 bits per heavy atom. The minimum absolute atomic E-state index is 0.0761. The van der Waals surface area contributed by atoms with Gasteiger partial charge < -0.3 is 4.74 Å². The van der Waals surface area contributed by atoms with E-state index in [1.165, 1.54) is 12.3 Å². The van der Waals surface area contributed by atoms with Crippen LogP contribution in [0.4, 0.5) is 13.2 Å². The van der Waals surface area contributed by atoms with Gasteiger partial charge in [-0.25, -0.2) is 4.98 Å². The van der Waals surface area contributed by atoms with E-state index in [0.29, 0.717) is 0 Å². The van der Waals surface area contributed by atoms with Crippen LogP contribution < -0.4 is 4.74 Å². The quantitative estimate of drug-likeness (QED) is 0.747. The Hall–Kier alpha value is -1.77. The van der Waals surface area contributed by atoms with Crippen LogP contribution in [0, 0.1) is 11.3 Å². The van der Waals surface area contributed by atoms with Crippen LogP contribution in [0.15, 0.2) is 18.3 Å². The summed E-state index contributed by atoms with van der Waals surface area (Å²) < 4.78 is 40.4. The topological polar surface area (TPSA) is 45.9 Å². The molecule has 86 valence electrons. The van der Waals surface area contributed by atoms with Crippen molar-refractivity contribution < 1.29 is 17.9 Å². The lowest BCUT2D eigenvalue weighted by molar-refractivity contribution is -0.136. The SMILES string of the molecule is N#Cc1cccnc1OCCCC(F)(F)F. The van der Waals surface area contributed by atoms with E-state index < -0.39 is 12.6 Å². The lowest BCUT2D eigenvalue weighted by Crippen LogP contribution is -2.10. The number of nitriles is 1. The van der Waals surface area contributed by atoms with Crippen molar-refractivity contribution >= 4 is 0 Å². The molecule has 0 saturated carbocycles. The molecular formula is C10H9F3N2O. The molecule has 0 aliphatic heterocycles. The zero-order valence-corrected chi connectivity index (χ0v) is 8.29. The molecule has 0 saturated heterocycles. The monoisotopic (exact) mass is 230 g/mol. The Bertz CT molecular complexity index is 384. The fourth-order valence-corrected chi connectivity index (χ4v) is 1.03. The molecule has 6 heteroatoms. The molecule has 0 amide bonds. The zero-order valence-electron chi connectivity index (χ0n) is 8.29. The van der Waals surface area contributed by atoms with Crippen LogP contribution in [0.3, 0.4) is 0 Å². The van der Waals surface area contributed by atoms with Crippen molar-refractivity contribution in [2.45, 2.75) is 19.0 Å². The smallest absolute Gasteiger partial charge is 0.389 e. The average Bonchev–Trinajstić information content (AvgIpc) is 2.23. The van der Waals surface area contributed by atoms with Gasteiger partial charge in [0, 0.05) is 12.6 Å². The molecule has 3 nitrogen and oxygen atoms in total. The molecule has 0 radical (unpaired) electrons. The fourth-order valence-electron chi connectivity index (χ4n) is 1.03. The number of aromatic nitrogens is 1. The van der Waals surface area contributed by atoms with Crippen molar-refractivity contribution in [2.75, 3.05) is 6.61 Å². The predicted molar refractivity (Wildman–Crippen MR) is 49.7 cm³/mol. The van der Waals surface area contributed by atoms with Gasteiger partial charge in [-0.15, -0.1) is 0 Å². The lowest BCUT2D eigenvalue weighted by atomic mass is 10.3. The summed E-state index contributed by atoms with van der Waals surface area (Å²) in [5, 5.41) is 8.65. The highest BCUT2D eigenvalue weighted by Gasteiger charge is 2.26. The summed E-state index contributed by atoms with van der Waals surface area (Å²) in [7, 11) is 0. The standard InChI is InChI=1S/C10H9F3N2O/c11-10(12,13)4-2-6-16-9-8(7-14)3-1-5-15-9/h1,3,5H,2,4,6H2. The summed E-state index contributed by atoms with van der Waals surface area (Å²) in [6.07, 6.45) is -3.81. The van der Waals surface area contributed by atoms with Gasteiger partial charge >= 0.3 is 6.18 Å². The predicted octanol–water partition coefficient (Wildman–Crippen LogP) is 2.67. The highest BCUT2D eigenvalue weighted by molar-refractivity contribution is 5.36. The molecule has 0 unspecified atom stereocenters. The van der Waals surface area contributed by atoms with Crippen molar-refractivity contribution in [1.82, 2.24) is 4.98 Å². The fraction of sp³-hybridized carbons (Fsp3) is 0.400. The van der Waals surface area contributed by atoms with E-state index in [9.17, 15) is 13.2 Å². The molecule has 0 spiro atoms. The first kappa shape index (κ1) is 12.3. The Kier molecular flexibility index (Phi) is 4.11. The number of pyridine rings is 1. The van der Waals surface area contributed by atoms with E-state index in [2.05, 4.69) is 4.98 Å². The van der Waals surface area contributed by atoms with E-state index >= 15 is 0 Å². The van der Waals surface area contributed by atoms with E-state index in [-0.39, 0.29) is 24.5 Å². The summed E-state index contributed by atoms with van der Waals surface area (Å²) in [6.45, 7) is -0.106. The number of nitrogens with zero attached hydrogens (tertiary/aromatic N) is 2. The van der Waals surface area contributed by atoms with E-state index in [1.807, 2.05) is 6.07 Å². The first-order valence-electron chi connectivity index (χ1n) is 4.57. The van der Waals surface area contributed by atoms with Crippen LogP contribution in [0.1, 0.15) is 18.4 Å². The molecule has 1 aromatic rings. The van der Waals surface area contributed by atoms with Crippen LogP contribution in [-0.2, 0) is 0 Å². The summed E-state index contributed by atoms with van der Waals surface area (Å²) >= 11 is 0. The Morgan fingerprint density at radius 1 is 1.44 bits per heavy atom. The summed E-state index contributed by atoms with van der Waals surface area (Å²) in [4.78, 5) is 3.76. The summed E-state index contributed by atoms with van der Waals surface area (Å²) in [5.74, 6) is 0.0761. The minimum Gasteiger partial charge on any atom is -0.477 e. The minimum atomic E-state index is -4.18. The Labute approximate surface area is 90.5 Å². The maximum absolute atomic E-state index is 11.8. The summed E-state index contributed by atoms with van der Waals surface area (Å²) in [6, 6.07) is 4.89. The molecule has 1 aromatic heterocycles. The maximum atomic E-state index is 11.8. The van der Waals surface area contributed by atoms with Crippen LogP contribution >= 0.6 is 0 Å². The molecular weight excluding hydrogens is 221 g/mol. The third kappa shape index (κ3) is 4.17.